The van der Waals surface area contributed by atoms with Crippen LogP contribution in [0.3, 0.4) is 0 Å². The minimum Gasteiger partial charge on any atom is -0.358 e. The molecule has 134 valence electrons. The van der Waals surface area contributed by atoms with E-state index in [0.29, 0.717) is 30.4 Å². The molecule has 1 aliphatic heterocycles. The normalized spacial score (nSPS) is 17.5. The number of aromatic nitrogens is 3. The second-order valence-electron chi connectivity index (χ2n) is 6.64. The Morgan fingerprint density at radius 2 is 2.15 bits per heavy atom. The number of amides is 1. The Morgan fingerprint density at radius 3 is 2.88 bits per heavy atom. The van der Waals surface area contributed by atoms with Crippen LogP contribution in [0.15, 0.2) is 41.1 Å². The van der Waals surface area contributed by atoms with Crippen molar-refractivity contribution in [3.63, 3.8) is 0 Å². The van der Waals surface area contributed by atoms with Gasteiger partial charge in [-0.3, -0.25) is 4.79 Å². The quantitative estimate of drug-likeness (QED) is 0.781. The van der Waals surface area contributed by atoms with Crippen LogP contribution in [0.5, 0.6) is 0 Å². The average molecular weight is 354 g/mol. The summed E-state index contributed by atoms with van der Waals surface area (Å²) in [6.45, 7) is 3.17. The minimum atomic E-state index is -0.351. The number of nitrogens with one attached hydrogen (secondary N) is 1. The van der Waals surface area contributed by atoms with Crippen molar-refractivity contribution in [1.82, 2.24) is 20.0 Å². The Bertz CT molecular complexity index is 916. The number of aryl methyl sites for hydroxylation is 1. The van der Waals surface area contributed by atoms with Gasteiger partial charge in [-0.15, -0.1) is 0 Å². The molecule has 1 amide bonds. The first-order valence-electron chi connectivity index (χ1n) is 8.64. The zero-order valence-electron chi connectivity index (χ0n) is 14.4. The van der Waals surface area contributed by atoms with Crippen molar-refractivity contribution in [3.05, 3.63) is 59.4 Å². The van der Waals surface area contributed by atoms with E-state index in [9.17, 15) is 9.18 Å². The van der Waals surface area contributed by atoms with E-state index in [1.807, 2.05) is 19.2 Å². The Morgan fingerprint density at radius 1 is 1.35 bits per heavy atom. The van der Waals surface area contributed by atoms with E-state index in [1.54, 1.807) is 4.90 Å². The molecule has 7 heteroatoms. The highest BCUT2D eigenvalue weighted by Crippen LogP contribution is 2.28. The first kappa shape index (κ1) is 16.5. The summed E-state index contributed by atoms with van der Waals surface area (Å²) in [6.07, 6.45) is 3.63. The molecule has 1 atom stereocenters. The van der Waals surface area contributed by atoms with E-state index in [4.69, 9.17) is 4.52 Å². The van der Waals surface area contributed by atoms with Crippen LogP contribution in [0, 0.1) is 12.7 Å². The number of hydrogen-bond donors (Lipinski definition) is 1. The molecule has 0 saturated carbocycles. The molecule has 0 radical (unpaired) electrons. The van der Waals surface area contributed by atoms with Gasteiger partial charge >= 0.3 is 0 Å². The third kappa shape index (κ3) is 3.24. The van der Waals surface area contributed by atoms with Crippen LogP contribution in [-0.4, -0.2) is 39.0 Å². The van der Waals surface area contributed by atoms with Crippen molar-refractivity contribution in [1.29, 1.82) is 0 Å². The maximum absolute atomic E-state index is 13.1. The molecule has 0 aliphatic carbocycles. The lowest BCUT2D eigenvalue weighted by Crippen LogP contribution is -2.39. The van der Waals surface area contributed by atoms with Crippen molar-refractivity contribution in [3.8, 4) is 11.5 Å². The van der Waals surface area contributed by atoms with Crippen LogP contribution in [0.4, 0.5) is 4.39 Å². The smallest absolute Gasteiger partial charge is 0.253 e. The highest BCUT2D eigenvalue weighted by molar-refractivity contribution is 5.94. The molecule has 6 nitrogen and oxygen atoms in total. The second kappa shape index (κ2) is 6.74. The molecule has 1 aliphatic rings. The van der Waals surface area contributed by atoms with E-state index in [-0.39, 0.29) is 17.6 Å². The summed E-state index contributed by atoms with van der Waals surface area (Å²) in [7, 11) is 0. The number of likely N-dealkylation sites (tertiary alicyclic amines) is 1. The highest BCUT2D eigenvalue weighted by atomic mass is 19.1. The average Bonchev–Trinajstić information content (AvgIpc) is 3.31. The van der Waals surface area contributed by atoms with Gasteiger partial charge in [0.15, 0.2) is 0 Å². The first-order valence-corrected chi connectivity index (χ1v) is 8.64. The van der Waals surface area contributed by atoms with Crippen molar-refractivity contribution < 1.29 is 13.7 Å². The summed E-state index contributed by atoms with van der Waals surface area (Å²) in [5.41, 5.74) is 2.40. The summed E-state index contributed by atoms with van der Waals surface area (Å²) in [4.78, 5) is 22.0. The van der Waals surface area contributed by atoms with Gasteiger partial charge in [-0.25, -0.2) is 4.39 Å². The number of rotatable bonds is 3. The summed E-state index contributed by atoms with van der Waals surface area (Å²) >= 11 is 0. The number of benzene rings is 1. The molecule has 3 aromatic rings. The minimum absolute atomic E-state index is 0.00505. The number of piperidine rings is 1. The standard InChI is InChI=1S/C19H19FN4O2/c1-12-9-16(21-10-12)17-22-18(26-23-17)14-3-2-8-24(11-14)19(25)13-4-6-15(20)7-5-13/h4-7,9-10,14,21H,2-3,8,11H2,1H3/t14-/m0/s1. The van der Waals surface area contributed by atoms with Gasteiger partial charge in [0.05, 0.1) is 11.6 Å². The summed E-state index contributed by atoms with van der Waals surface area (Å²) < 4.78 is 18.5. The van der Waals surface area contributed by atoms with Crippen molar-refractivity contribution in [2.24, 2.45) is 0 Å². The molecule has 3 heterocycles. The Kier molecular flexibility index (Phi) is 4.28. The monoisotopic (exact) mass is 354 g/mol. The van der Waals surface area contributed by atoms with Crippen LogP contribution in [0.2, 0.25) is 0 Å². The van der Waals surface area contributed by atoms with Crippen molar-refractivity contribution in [2.75, 3.05) is 13.1 Å². The molecule has 4 rings (SSSR count). The number of carbonyl (C=O) groups is 1. The predicted octanol–water partition coefficient (Wildman–Crippen LogP) is 3.53. The van der Waals surface area contributed by atoms with Gasteiger partial charge in [-0.1, -0.05) is 5.16 Å². The van der Waals surface area contributed by atoms with Crippen LogP contribution >= 0.6 is 0 Å². The molecular weight excluding hydrogens is 335 g/mol. The van der Waals surface area contributed by atoms with Crippen LogP contribution < -0.4 is 0 Å². The number of nitrogens with zero attached hydrogens (tertiary/aromatic N) is 3. The van der Waals surface area contributed by atoms with Gasteiger partial charge in [0.2, 0.25) is 11.7 Å². The molecular formula is C19H19FN4O2. The number of aromatic amines is 1. The third-order valence-electron chi connectivity index (χ3n) is 4.66. The number of halogens is 1. The topological polar surface area (TPSA) is 75.0 Å². The van der Waals surface area contributed by atoms with Gasteiger partial charge in [0, 0.05) is 24.8 Å². The van der Waals surface area contributed by atoms with Crippen LogP contribution in [-0.2, 0) is 0 Å². The maximum atomic E-state index is 13.1. The predicted molar refractivity (Wildman–Crippen MR) is 93.1 cm³/mol. The Balaban J connectivity index is 1.49. The SMILES string of the molecule is Cc1c[nH]c(-c2noc([C@H]3CCCN(C(=O)c4ccc(F)cc4)C3)n2)c1. The summed E-state index contributed by atoms with van der Waals surface area (Å²) in [6, 6.07) is 7.59. The van der Waals surface area contributed by atoms with Gasteiger partial charge in [0.25, 0.3) is 5.91 Å². The van der Waals surface area contributed by atoms with Gasteiger partial charge in [-0.2, -0.15) is 4.98 Å². The van der Waals surface area contributed by atoms with E-state index in [1.165, 1.54) is 24.3 Å². The Labute approximate surface area is 150 Å². The zero-order valence-corrected chi connectivity index (χ0v) is 14.4. The largest absolute Gasteiger partial charge is 0.358 e. The molecule has 0 spiro atoms. The fraction of sp³-hybridized carbons (Fsp3) is 0.316. The number of carbonyl (C=O) groups excluding carboxylic acids is 1. The molecule has 26 heavy (non-hydrogen) atoms. The van der Waals surface area contributed by atoms with E-state index in [2.05, 4.69) is 15.1 Å². The lowest BCUT2D eigenvalue weighted by atomic mass is 9.97. The maximum Gasteiger partial charge on any atom is 0.253 e. The highest BCUT2D eigenvalue weighted by Gasteiger charge is 2.29. The fourth-order valence-electron chi connectivity index (χ4n) is 3.28. The molecule has 2 aromatic heterocycles. The van der Waals surface area contributed by atoms with Crippen molar-refractivity contribution in [2.45, 2.75) is 25.7 Å². The van der Waals surface area contributed by atoms with Crippen LogP contribution in [0.25, 0.3) is 11.5 Å². The molecule has 1 aromatic carbocycles. The number of hydrogen-bond acceptors (Lipinski definition) is 4. The first-order chi connectivity index (χ1) is 12.6. The second-order valence-corrected chi connectivity index (χ2v) is 6.64. The van der Waals surface area contributed by atoms with Gasteiger partial charge in [-0.05, 0) is 55.7 Å². The summed E-state index contributed by atoms with van der Waals surface area (Å²) in [5, 5.41) is 4.05. The number of H-pyrrole nitrogens is 1. The fourth-order valence-corrected chi connectivity index (χ4v) is 3.28. The molecule has 1 N–H and O–H groups in total. The van der Waals surface area contributed by atoms with Gasteiger partial charge in [0.1, 0.15) is 5.82 Å². The zero-order chi connectivity index (χ0) is 18.1. The van der Waals surface area contributed by atoms with Crippen molar-refractivity contribution >= 4 is 5.91 Å². The lowest BCUT2D eigenvalue weighted by molar-refractivity contribution is 0.0695. The molecule has 1 fully saturated rings. The van der Waals surface area contributed by atoms with E-state index < -0.39 is 0 Å². The van der Waals surface area contributed by atoms with Crippen LogP contribution in [0.1, 0.15) is 40.6 Å². The van der Waals surface area contributed by atoms with E-state index >= 15 is 0 Å². The van der Waals surface area contributed by atoms with E-state index in [0.717, 1.165) is 24.1 Å². The lowest BCUT2D eigenvalue weighted by Gasteiger charge is -2.31. The third-order valence-corrected chi connectivity index (χ3v) is 4.66. The molecule has 0 unspecified atom stereocenters. The molecule has 0 bridgehead atoms. The van der Waals surface area contributed by atoms with Gasteiger partial charge < -0.3 is 14.4 Å². The Hall–Kier alpha value is -2.96. The molecule has 1 saturated heterocycles. The summed E-state index contributed by atoms with van der Waals surface area (Å²) in [5.74, 6) is 0.620.